The van der Waals surface area contributed by atoms with Crippen LogP contribution >= 0.6 is 11.6 Å². The Hall–Kier alpha value is -1.69. The monoisotopic (exact) mass is 297 g/mol. The van der Waals surface area contributed by atoms with E-state index in [4.69, 9.17) is 11.6 Å². The van der Waals surface area contributed by atoms with Gasteiger partial charge in [0.25, 0.3) is 11.6 Å². The van der Waals surface area contributed by atoms with Crippen molar-refractivity contribution >= 4 is 23.2 Å². The number of amides is 1. The highest BCUT2D eigenvalue weighted by molar-refractivity contribution is 6.32. The van der Waals surface area contributed by atoms with Gasteiger partial charge in [-0.05, 0) is 19.8 Å². The number of hydrogen-bond acceptors (Lipinski definition) is 4. The SMILES string of the molecule is CC1(NC(=O)c2cc([N+](=O)[O-])cnc2Cl)CCCCC1. The van der Waals surface area contributed by atoms with Crippen molar-refractivity contribution in [2.75, 3.05) is 0 Å². The van der Waals surface area contributed by atoms with Gasteiger partial charge in [0, 0.05) is 11.6 Å². The van der Waals surface area contributed by atoms with E-state index in [0.29, 0.717) is 0 Å². The fourth-order valence-corrected chi connectivity index (χ4v) is 2.68. The summed E-state index contributed by atoms with van der Waals surface area (Å²) in [4.78, 5) is 26.1. The van der Waals surface area contributed by atoms with Gasteiger partial charge < -0.3 is 5.32 Å². The van der Waals surface area contributed by atoms with Crippen molar-refractivity contribution in [1.82, 2.24) is 10.3 Å². The molecule has 7 heteroatoms. The van der Waals surface area contributed by atoms with Crippen LogP contribution in [-0.2, 0) is 0 Å². The van der Waals surface area contributed by atoms with Crippen LogP contribution in [0.4, 0.5) is 5.69 Å². The van der Waals surface area contributed by atoms with E-state index < -0.39 is 10.8 Å². The van der Waals surface area contributed by atoms with Gasteiger partial charge in [-0.3, -0.25) is 14.9 Å². The molecule has 1 N–H and O–H groups in total. The first-order valence-electron chi connectivity index (χ1n) is 6.54. The molecule has 1 fully saturated rings. The first-order chi connectivity index (χ1) is 9.41. The van der Waals surface area contributed by atoms with Crippen molar-refractivity contribution in [3.05, 3.63) is 33.1 Å². The number of aromatic nitrogens is 1. The van der Waals surface area contributed by atoms with Crippen molar-refractivity contribution in [2.24, 2.45) is 0 Å². The molecule has 1 saturated carbocycles. The average Bonchev–Trinajstić information content (AvgIpc) is 2.39. The standard InChI is InChI=1S/C13H16ClN3O3/c1-13(5-3-2-4-6-13)16-12(18)10-7-9(17(19)20)8-15-11(10)14/h7-8H,2-6H2,1H3,(H,16,18). The number of nitro groups is 1. The van der Waals surface area contributed by atoms with Crippen LogP contribution in [0.2, 0.25) is 5.15 Å². The van der Waals surface area contributed by atoms with E-state index in [-0.39, 0.29) is 21.9 Å². The van der Waals surface area contributed by atoms with Gasteiger partial charge in [-0.25, -0.2) is 4.98 Å². The molecule has 0 aliphatic heterocycles. The van der Waals surface area contributed by atoms with E-state index in [1.54, 1.807) is 0 Å². The average molecular weight is 298 g/mol. The first kappa shape index (κ1) is 14.7. The minimum atomic E-state index is -0.595. The molecule has 1 aliphatic carbocycles. The second-order valence-electron chi connectivity index (χ2n) is 5.36. The summed E-state index contributed by atoms with van der Waals surface area (Å²) >= 11 is 5.86. The molecule has 1 aromatic rings. The molecule has 0 spiro atoms. The zero-order chi connectivity index (χ0) is 14.8. The second kappa shape index (κ2) is 5.75. The Morgan fingerprint density at radius 2 is 2.10 bits per heavy atom. The minimum absolute atomic E-state index is 0.0208. The largest absolute Gasteiger partial charge is 0.347 e. The molecule has 0 atom stereocenters. The Morgan fingerprint density at radius 3 is 2.70 bits per heavy atom. The van der Waals surface area contributed by atoms with Gasteiger partial charge in [0.1, 0.15) is 11.3 Å². The maximum atomic E-state index is 12.3. The Bertz CT molecular complexity index is 542. The van der Waals surface area contributed by atoms with E-state index >= 15 is 0 Å². The van der Waals surface area contributed by atoms with Gasteiger partial charge in [0.2, 0.25) is 0 Å². The molecule has 0 unspecified atom stereocenters. The van der Waals surface area contributed by atoms with E-state index in [1.807, 2.05) is 6.92 Å². The fourth-order valence-electron chi connectivity index (χ4n) is 2.49. The van der Waals surface area contributed by atoms with Gasteiger partial charge >= 0.3 is 0 Å². The highest BCUT2D eigenvalue weighted by atomic mass is 35.5. The molecule has 1 aliphatic rings. The lowest BCUT2D eigenvalue weighted by Gasteiger charge is -2.34. The van der Waals surface area contributed by atoms with Crippen LogP contribution in [0, 0.1) is 10.1 Å². The van der Waals surface area contributed by atoms with Crippen LogP contribution in [0.15, 0.2) is 12.3 Å². The predicted octanol–water partition coefficient (Wildman–Crippen LogP) is 3.10. The fraction of sp³-hybridized carbons (Fsp3) is 0.538. The third kappa shape index (κ3) is 3.25. The molecule has 2 rings (SSSR count). The number of carbonyl (C=O) groups is 1. The number of halogens is 1. The van der Waals surface area contributed by atoms with Crippen molar-refractivity contribution in [3.63, 3.8) is 0 Å². The highest BCUT2D eigenvalue weighted by Gasteiger charge is 2.30. The van der Waals surface area contributed by atoms with Crippen molar-refractivity contribution in [3.8, 4) is 0 Å². The molecule has 0 bridgehead atoms. The predicted molar refractivity (Wildman–Crippen MR) is 74.9 cm³/mol. The first-order valence-corrected chi connectivity index (χ1v) is 6.91. The summed E-state index contributed by atoms with van der Waals surface area (Å²) in [6.45, 7) is 1.99. The maximum Gasteiger partial charge on any atom is 0.288 e. The highest BCUT2D eigenvalue weighted by Crippen LogP contribution is 2.28. The van der Waals surface area contributed by atoms with E-state index in [1.165, 1.54) is 6.42 Å². The lowest BCUT2D eigenvalue weighted by atomic mass is 9.83. The molecule has 0 radical (unpaired) electrons. The molecule has 1 aromatic heterocycles. The van der Waals surface area contributed by atoms with Gasteiger partial charge in [-0.15, -0.1) is 0 Å². The summed E-state index contributed by atoms with van der Waals surface area (Å²) in [6.07, 6.45) is 6.15. The van der Waals surface area contributed by atoms with Gasteiger partial charge in [-0.2, -0.15) is 0 Å². The zero-order valence-corrected chi connectivity index (χ0v) is 11.9. The van der Waals surface area contributed by atoms with Crippen molar-refractivity contribution in [2.45, 2.75) is 44.6 Å². The minimum Gasteiger partial charge on any atom is -0.347 e. The number of carbonyl (C=O) groups excluding carboxylic acids is 1. The molecule has 1 amide bonds. The van der Waals surface area contributed by atoms with Crippen LogP contribution in [0.3, 0.4) is 0 Å². The summed E-state index contributed by atoms with van der Waals surface area (Å²) in [5.74, 6) is -0.407. The third-order valence-electron chi connectivity index (χ3n) is 3.65. The second-order valence-corrected chi connectivity index (χ2v) is 5.72. The van der Waals surface area contributed by atoms with Crippen LogP contribution < -0.4 is 5.32 Å². The Kier molecular flexibility index (Phi) is 4.23. The lowest BCUT2D eigenvalue weighted by molar-refractivity contribution is -0.385. The summed E-state index contributed by atoms with van der Waals surface area (Å²) in [5, 5.41) is 13.6. The molecular weight excluding hydrogens is 282 g/mol. The number of hydrogen-bond donors (Lipinski definition) is 1. The number of nitrogens with one attached hydrogen (secondary N) is 1. The van der Waals surface area contributed by atoms with Gasteiger partial charge in [-0.1, -0.05) is 30.9 Å². The molecule has 108 valence electrons. The molecule has 0 saturated heterocycles. The summed E-state index contributed by atoms with van der Waals surface area (Å²) in [7, 11) is 0. The molecular formula is C13H16ClN3O3. The van der Waals surface area contributed by atoms with Crippen LogP contribution in [0.1, 0.15) is 49.4 Å². The number of nitrogens with zero attached hydrogens (tertiary/aromatic N) is 2. The van der Waals surface area contributed by atoms with Crippen LogP contribution in [-0.4, -0.2) is 21.4 Å². The van der Waals surface area contributed by atoms with Crippen LogP contribution in [0.25, 0.3) is 0 Å². The van der Waals surface area contributed by atoms with Crippen LogP contribution in [0.5, 0.6) is 0 Å². The summed E-state index contributed by atoms with van der Waals surface area (Å²) in [6, 6.07) is 1.16. The molecule has 1 heterocycles. The number of pyridine rings is 1. The van der Waals surface area contributed by atoms with Gasteiger partial charge in [0.15, 0.2) is 0 Å². The Labute approximate surface area is 121 Å². The quantitative estimate of drug-likeness (QED) is 0.528. The zero-order valence-electron chi connectivity index (χ0n) is 11.2. The van der Waals surface area contributed by atoms with Crippen molar-refractivity contribution < 1.29 is 9.72 Å². The number of rotatable bonds is 3. The molecule has 20 heavy (non-hydrogen) atoms. The van der Waals surface area contributed by atoms with Crippen molar-refractivity contribution in [1.29, 1.82) is 0 Å². The lowest BCUT2D eigenvalue weighted by Crippen LogP contribution is -2.47. The normalized spacial score (nSPS) is 17.5. The molecule has 0 aromatic carbocycles. The molecule has 6 nitrogen and oxygen atoms in total. The summed E-state index contributed by atoms with van der Waals surface area (Å²) in [5.41, 5.74) is -0.468. The Morgan fingerprint density at radius 1 is 1.45 bits per heavy atom. The maximum absolute atomic E-state index is 12.3. The third-order valence-corrected chi connectivity index (χ3v) is 3.95. The van der Waals surface area contributed by atoms with Gasteiger partial charge in [0.05, 0.1) is 10.5 Å². The smallest absolute Gasteiger partial charge is 0.288 e. The topological polar surface area (TPSA) is 85.1 Å². The van der Waals surface area contributed by atoms with E-state index in [2.05, 4.69) is 10.3 Å². The van der Waals surface area contributed by atoms with E-state index in [0.717, 1.165) is 37.9 Å². The Balaban J connectivity index is 2.20. The van der Waals surface area contributed by atoms with E-state index in [9.17, 15) is 14.9 Å². The summed E-state index contributed by atoms with van der Waals surface area (Å²) < 4.78 is 0.